The number of nitrogens with zero attached hydrogens (tertiary/aromatic N) is 1. The zero-order valence-corrected chi connectivity index (χ0v) is 13.8. The van der Waals surface area contributed by atoms with Crippen LogP contribution in [0.2, 0.25) is 0 Å². The molecule has 21 heavy (non-hydrogen) atoms. The van der Waals surface area contributed by atoms with E-state index in [9.17, 15) is 0 Å². The Kier molecular flexibility index (Phi) is 4.66. The first-order valence-electron chi connectivity index (χ1n) is 8.77. The third kappa shape index (κ3) is 3.32. The Morgan fingerprint density at radius 1 is 1.24 bits per heavy atom. The highest BCUT2D eigenvalue weighted by atomic mass is 15.2. The molecule has 2 unspecified atom stereocenters. The molecular formula is C19H30N2. The van der Waals surface area contributed by atoms with Crippen molar-refractivity contribution in [3.8, 4) is 0 Å². The van der Waals surface area contributed by atoms with E-state index < -0.39 is 0 Å². The first-order valence-corrected chi connectivity index (χ1v) is 8.77. The Bertz CT molecular complexity index is 464. The predicted octanol–water partition coefficient (Wildman–Crippen LogP) is 3.77. The SMILES string of the molecule is CCCNC1c2ccccc2CC1N(CC(C)C)C1CC1. The number of benzene rings is 1. The zero-order valence-electron chi connectivity index (χ0n) is 13.8. The van der Waals surface area contributed by atoms with Gasteiger partial charge in [-0.05, 0) is 49.3 Å². The molecule has 1 fully saturated rings. The van der Waals surface area contributed by atoms with E-state index in [1.54, 1.807) is 11.1 Å². The summed E-state index contributed by atoms with van der Waals surface area (Å²) >= 11 is 0. The Balaban J connectivity index is 1.82. The van der Waals surface area contributed by atoms with Gasteiger partial charge < -0.3 is 5.32 Å². The van der Waals surface area contributed by atoms with Gasteiger partial charge in [0, 0.05) is 24.7 Å². The van der Waals surface area contributed by atoms with E-state index >= 15 is 0 Å². The normalized spacial score (nSPS) is 24.8. The lowest BCUT2D eigenvalue weighted by molar-refractivity contribution is 0.139. The molecule has 0 amide bonds. The summed E-state index contributed by atoms with van der Waals surface area (Å²) in [5.74, 6) is 0.751. The van der Waals surface area contributed by atoms with Gasteiger partial charge in [0.1, 0.15) is 0 Å². The molecule has 2 aliphatic rings. The average molecular weight is 286 g/mol. The van der Waals surface area contributed by atoms with Crippen LogP contribution in [0.3, 0.4) is 0 Å². The molecule has 2 heteroatoms. The Labute approximate surface area is 129 Å². The molecule has 1 saturated carbocycles. The van der Waals surface area contributed by atoms with Crippen LogP contribution in [0.25, 0.3) is 0 Å². The summed E-state index contributed by atoms with van der Waals surface area (Å²) in [6.45, 7) is 9.33. The Morgan fingerprint density at radius 3 is 2.67 bits per heavy atom. The molecule has 0 aliphatic heterocycles. The summed E-state index contributed by atoms with van der Waals surface area (Å²) in [5.41, 5.74) is 3.11. The van der Waals surface area contributed by atoms with Crippen molar-refractivity contribution in [3.05, 3.63) is 35.4 Å². The van der Waals surface area contributed by atoms with E-state index in [1.165, 1.54) is 32.2 Å². The second-order valence-corrected chi connectivity index (χ2v) is 7.22. The van der Waals surface area contributed by atoms with E-state index in [4.69, 9.17) is 0 Å². The standard InChI is InChI=1S/C19H30N2/c1-4-11-20-19-17-8-6-5-7-15(17)12-18(19)21(13-14(2)3)16-9-10-16/h5-8,14,16,18-20H,4,9-13H2,1-3H3. The number of hydrogen-bond acceptors (Lipinski definition) is 2. The zero-order chi connectivity index (χ0) is 14.8. The topological polar surface area (TPSA) is 15.3 Å². The van der Waals surface area contributed by atoms with Gasteiger partial charge in [0.05, 0.1) is 0 Å². The van der Waals surface area contributed by atoms with Gasteiger partial charge in [-0.2, -0.15) is 0 Å². The average Bonchev–Trinajstić information content (AvgIpc) is 3.24. The van der Waals surface area contributed by atoms with Crippen LogP contribution in [0.5, 0.6) is 0 Å². The molecule has 2 nitrogen and oxygen atoms in total. The summed E-state index contributed by atoms with van der Waals surface area (Å²) in [5, 5.41) is 3.83. The van der Waals surface area contributed by atoms with Gasteiger partial charge in [-0.3, -0.25) is 4.90 Å². The summed E-state index contributed by atoms with van der Waals surface area (Å²) < 4.78 is 0. The summed E-state index contributed by atoms with van der Waals surface area (Å²) in [7, 11) is 0. The molecule has 0 aromatic heterocycles. The van der Waals surface area contributed by atoms with Crippen LogP contribution in [-0.2, 0) is 6.42 Å². The lowest BCUT2D eigenvalue weighted by Gasteiger charge is -2.35. The lowest BCUT2D eigenvalue weighted by atomic mass is 10.0. The summed E-state index contributed by atoms with van der Waals surface area (Å²) in [6.07, 6.45) is 5.24. The van der Waals surface area contributed by atoms with E-state index in [1.807, 2.05) is 0 Å². The van der Waals surface area contributed by atoms with Crippen LogP contribution in [0.4, 0.5) is 0 Å². The molecule has 0 bridgehead atoms. The molecule has 1 N–H and O–H groups in total. The monoisotopic (exact) mass is 286 g/mol. The third-order valence-electron chi connectivity index (χ3n) is 4.84. The van der Waals surface area contributed by atoms with Gasteiger partial charge in [-0.25, -0.2) is 0 Å². The first-order chi connectivity index (χ1) is 10.2. The van der Waals surface area contributed by atoms with E-state index in [2.05, 4.69) is 55.3 Å². The maximum Gasteiger partial charge on any atom is 0.0484 e. The van der Waals surface area contributed by atoms with E-state index in [-0.39, 0.29) is 0 Å². The molecule has 0 spiro atoms. The first kappa shape index (κ1) is 15.1. The van der Waals surface area contributed by atoms with Crippen molar-refractivity contribution in [3.63, 3.8) is 0 Å². The quantitative estimate of drug-likeness (QED) is 0.821. The highest BCUT2D eigenvalue weighted by Gasteiger charge is 2.41. The predicted molar refractivity (Wildman–Crippen MR) is 89.5 cm³/mol. The molecule has 1 aromatic carbocycles. The van der Waals surface area contributed by atoms with Crippen molar-refractivity contribution in [2.45, 2.75) is 64.6 Å². The number of nitrogens with one attached hydrogen (secondary N) is 1. The van der Waals surface area contributed by atoms with Crippen molar-refractivity contribution in [2.75, 3.05) is 13.1 Å². The van der Waals surface area contributed by atoms with Crippen LogP contribution in [0.15, 0.2) is 24.3 Å². The van der Waals surface area contributed by atoms with Crippen LogP contribution in [0, 0.1) is 5.92 Å². The molecule has 0 heterocycles. The maximum absolute atomic E-state index is 3.83. The molecule has 3 rings (SSSR count). The second kappa shape index (κ2) is 6.50. The molecule has 1 aromatic rings. The number of hydrogen-bond donors (Lipinski definition) is 1. The van der Waals surface area contributed by atoms with Gasteiger partial charge in [-0.15, -0.1) is 0 Å². The van der Waals surface area contributed by atoms with Crippen LogP contribution < -0.4 is 5.32 Å². The van der Waals surface area contributed by atoms with Crippen LogP contribution in [0.1, 0.15) is 57.2 Å². The molecule has 2 atom stereocenters. The maximum atomic E-state index is 3.83. The lowest BCUT2D eigenvalue weighted by Crippen LogP contribution is -2.46. The van der Waals surface area contributed by atoms with Crippen molar-refractivity contribution >= 4 is 0 Å². The van der Waals surface area contributed by atoms with E-state index in [0.29, 0.717) is 12.1 Å². The number of fused-ring (bicyclic) bond motifs is 1. The van der Waals surface area contributed by atoms with Crippen LogP contribution in [-0.4, -0.2) is 30.1 Å². The highest BCUT2D eigenvalue weighted by molar-refractivity contribution is 5.37. The van der Waals surface area contributed by atoms with Crippen molar-refractivity contribution in [2.24, 2.45) is 5.92 Å². The fourth-order valence-electron chi connectivity index (χ4n) is 3.81. The molecule has 0 radical (unpaired) electrons. The fraction of sp³-hybridized carbons (Fsp3) is 0.684. The van der Waals surface area contributed by atoms with Crippen molar-refractivity contribution in [1.29, 1.82) is 0 Å². The van der Waals surface area contributed by atoms with Crippen molar-refractivity contribution < 1.29 is 0 Å². The minimum atomic E-state index is 0.528. The Hall–Kier alpha value is -0.860. The fourth-order valence-corrected chi connectivity index (χ4v) is 3.81. The van der Waals surface area contributed by atoms with Crippen LogP contribution >= 0.6 is 0 Å². The van der Waals surface area contributed by atoms with Gasteiger partial charge in [-0.1, -0.05) is 45.0 Å². The van der Waals surface area contributed by atoms with Crippen molar-refractivity contribution in [1.82, 2.24) is 10.2 Å². The molecule has 116 valence electrons. The molecule has 2 aliphatic carbocycles. The summed E-state index contributed by atoms with van der Waals surface area (Å²) in [4.78, 5) is 2.82. The Morgan fingerprint density at radius 2 is 2.00 bits per heavy atom. The molecular weight excluding hydrogens is 256 g/mol. The minimum absolute atomic E-state index is 0.528. The minimum Gasteiger partial charge on any atom is -0.309 e. The van der Waals surface area contributed by atoms with Gasteiger partial charge >= 0.3 is 0 Å². The third-order valence-corrected chi connectivity index (χ3v) is 4.84. The molecule has 0 saturated heterocycles. The smallest absolute Gasteiger partial charge is 0.0484 e. The largest absolute Gasteiger partial charge is 0.309 e. The van der Waals surface area contributed by atoms with Gasteiger partial charge in [0.2, 0.25) is 0 Å². The van der Waals surface area contributed by atoms with Gasteiger partial charge in [0.25, 0.3) is 0 Å². The van der Waals surface area contributed by atoms with Gasteiger partial charge in [0.15, 0.2) is 0 Å². The van der Waals surface area contributed by atoms with E-state index in [0.717, 1.165) is 18.5 Å². The highest BCUT2D eigenvalue weighted by Crippen LogP contribution is 2.39. The summed E-state index contributed by atoms with van der Waals surface area (Å²) in [6, 6.07) is 11.1. The second-order valence-electron chi connectivity index (χ2n) is 7.22. The number of rotatable bonds is 7.